The van der Waals surface area contributed by atoms with Crippen molar-refractivity contribution >= 4 is 26.0 Å². The Morgan fingerprint density at radius 1 is 1.29 bits per heavy atom. The van der Waals surface area contributed by atoms with Gasteiger partial charge in [0.1, 0.15) is 10.7 Å². The Balaban J connectivity index is 2.30. The molecule has 21 heavy (non-hydrogen) atoms. The molecule has 1 aromatic heterocycles. The zero-order chi connectivity index (χ0) is 15.6. The third-order valence-electron chi connectivity index (χ3n) is 2.91. The van der Waals surface area contributed by atoms with Crippen molar-refractivity contribution in [3.8, 4) is 0 Å². The molecule has 4 nitrogen and oxygen atoms in total. The quantitative estimate of drug-likeness (QED) is 0.828. The first kappa shape index (κ1) is 16.1. The number of benzene rings is 1. The van der Waals surface area contributed by atoms with Crippen molar-refractivity contribution in [2.45, 2.75) is 18.4 Å². The van der Waals surface area contributed by atoms with Gasteiger partial charge in [0, 0.05) is 17.2 Å². The third-order valence-corrected chi connectivity index (χ3v) is 5.24. The lowest BCUT2D eigenvalue weighted by Crippen LogP contribution is -2.27. The van der Waals surface area contributed by atoms with Gasteiger partial charge >= 0.3 is 0 Å². The van der Waals surface area contributed by atoms with Crippen LogP contribution in [0, 0.1) is 12.7 Å². The number of hydrogen-bond acceptors (Lipinski definition) is 3. The number of sulfonamides is 1. The smallest absolute Gasteiger partial charge is 0.246 e. The summed E-state index contributed by atoms with van der Waals surface area (Å²) in [4.78, 5) is 3.90. The second-order valence-electron chi connectivity index (χ2n) is 4.61. The highest BCUT2D eigenvalue weighted by molar-refractivity contribution is 9.10. The van der Waals surface area contributed by atoms with Gasteiger partial charge in [-0.25, -0.2) is 12.8 Å². The van der Waals surface area contributed by atoms with Gasteiger partial charge in [-0.2, -0.15) is 4.31 Å². The van der Waals surface area contributed by atoms with Crippen molar-refractivity contribution in [1.82, 2.24) is 9.29 Å². The molecule has 0 atom stereocenters. The van der Waals surface area contributed by atoms with Gasteiger partial charge in [0.15, 0.2) is 0 Å². The SMILES string of the molecule is Cc1cccc(CN(C)S(=O)(=O)c2ccc(Br)cc2F)n1. The average molecular weight is 373 g/mol. The first-order valence-electron chi connectivity index (χ1n) is 6.14. The van der Waals surface area contributed by atoms with Gasteiger partial charge in [-0.15, -0.1) is 0 Å². The van der Waals surface area contributed by atoms with Crippen molar-refractivity contribution in [3.63, 3.8) is 0 Å². The van der Waals surface area contributed by atoms with Crippen LogP contribution < -0.4 is 0 Å². The molecule has 0 aliphatic rings. The van der Waals surface area contributed by atoms with E-state index in [9.17, 15) is 12.8 Å². The van der Waals surface area contributed by atoms with Gasteiger partial charge in [-0.3, -0.25) is 4.98 Å². The fourth-order valence-electron chi connectivity index (χ4n) is 1.85. The molecule has 0 saturated heterocycles. The van der Waals surface area contributed by atoms with E-state index in [-0.39, 0.29) is 11.4 Å². The number of nitrogens with zero attached hydrogens (tertiary/aromatic N) is 2. The highest BCUT2D eigenvalue weighted by atomic mass is 79.9. The second-order valence-corrected chi connectivity index (χ2v) is 7.54. The molecule has 2 aromatic rings. The molecule has 0 unspecified atom stereocenters. The summed E-state index contributed by atoms with van der Waals surface area (Å²) in [7, 11) is -2.50. The summed E-state index contributed by atoms with van der Waals surface area (Å²) in [5.74, 6) is -0.784. The number of aryl methyl sites for hydroxylation is 1. The average Bonchev–Trinajstić information content (AvgIpc) is 2.38. The Morgan fingerprint density at radius 2 is 2.00 bits per heavy atom. The number of pyridine rings is 1. The Morgan fingerprint density at radius 3 is 2.62 bits per heavy atom. The maximum atomic E-state index is 13.9. The van der Waals surface area contributed by atoms with Crippen LogP contribution in [0.25, 0.3) is 0 Å². The Kier molecular flexibility index (Phi) is 4.75. The summed E-state index contributed by atoms with van der Waals surface area (Å²) in [6, 6.07) is 9.23. The topological polar surface area (TPSA) is 50.3 Å². The summed E-state index contributed by atoms with van der Waals surface area (Å²) in [6.07, 6.45) is 0. The van der Waals surface area contributed by atoms with Crippen molar-refractivity contribution in [1.29, 1.82) is 0 Å². The van der Waals surface area contributed by atoms with Crippen LogP contribution in [0.15, 0.2) is 45.8 Å². The van der Waals surface area contributed by atoms with Crippen LogP contribution in [0.4, 0.5) is 4.39 Å². The summed E-state index contributed by atoms with van der Waals surface area (Å²) >= 11 is 3.10. The predicted octanol–water partition coefficient (Wildman–Crippen LogP) is 3.11. The van der Waals surface area contributed by atoms with Crippen LogP contribution in [0.3, 0.4) is 0 Å². The van der Waals surface area contributed by atoms with E-state index in [1.807, 2.05) is 13.0 Å². The normalized spacial score (nSPS) is 11.9. The van der Waals surface area contributed by atoms with Crippen LogP contribution in [-0.4, -0.2) is 24.8 Å². The molecule has 0 saturated carbocycles. The van der Waals surface area contributed by atoms with E-state index in [0.717, 1.165) is 16.1 Å². The van der Waals surface area contributed by atoms with E-state index < -0.39 is 15.8 Å². The van der Waals surface area contributed by atoms with Gasteiger partial charge < -0.3 is 0 Å². The van der Waals surface area contributed by atoms with E-state index in [2.05, 4.69) is 20.9 Å². The second kappa shape index (κ2) is 6.21. The number of hydrogen-bond donors (Lipinski definition) is 0. The van der Waals surface area contributed by atoms with Gasteiger partial charge in [-0.1, -0.05) is 22.0 Å². The Hall–Kier alpha value is -1.31. The molecule has 7 heteroatoms. The van der Waals surface area contributed by atoms with Crippen LogP contribution in [0.5, 0.6) is 0 Å². The van der Waals surface area contributed by atoms with Gasteiger partial charge in [0.05, 0.1) is 12.2 Å². The molecule has 0 amide bonds. The van der Waals surface area contributed by atoms with Crippen LogP contribution in [0.1, 0.15) is 11.4 Å². The minimum Gasteiger partial charge on any atom is -0.257 e. The molecule has 0 aliphatic carbocycles. The number of rotatable bonds is 4. The lowest BCUT2D eigenvalue weighted by Gasteiger charge is -2.17. The fourth-order valence-corrected chi connectivity index (χ4v) is 3.37. The molecule has 2 rings (SSSR count). The van der Waals surface area contributed by atoms with Crippen molar-refractivity contribution < 1.29 is 12.8 Å². The molecule has 0 fully saturated rings. The molecule has 0 aliphatic heterocycles. The van der Waals surface area contributed by atoms with Gasteiger partial charge in [0.25, 0.3) is 0 Å². The first-order valence-corrected chi connectivity index (χ1v) is 8.38. The standard InChI is InChI=1S/C14H14BrFN2O2S/c1-10-4-3-5-12(17-10)9-18(2)21(19,20)14-7-6-11(15)8-13(14)16/h3-8H,9H2,1-2H3. The highest BCUT2D eigenvalue weighted by Gasteiger charge is 2.24. The molecular weight excluding hydrogens is 359 g/mol. The maximum absolute atomic E-state index is 13.9. The van der Waals surface area contributed by atoms with E-state index >= 15 is 0 Å². The van der Waals surface area contributed by atoms with E-state index in [1.165, 1.54) is 19.2 Å². The monoisotopic (exact) mass is 372 g/mol. The Labute approximate surface area is 131 Å². The zero-order valence-electron chi connectivity index (χ0n) is 11.5. The van der Waals surface area contributed by atoms with Crippen LogP contribution >= 0.6 is 15.9 Å². The highest BCUT2D eigenvalue weighted by Crippen LogP contribution is 2.22. The van der Waals surface area contributed by atoms with Crippen molar-refractivity contribution in [2.24, 2.45) is 0 Å². The predicted molar refractivity (Wildman–Crippen MR) is 81.7 cm³/mol. The lowest BCUT2D eigenvalue weighted by molar-refractivity contribution is 0.455. The number of halogens is 2. The van der Waals surface area contributed by atoms with Gasteiger partial charge in [0.2, 0.25) is 10.0 Å². The molecule has 112 valence electrons. The molecular formula is C14H14BrFN2O2S. The molecule has 0 N–H and O–H groups in total. The lowest BCUT2D eigenvalue weighted by atomic mass is 10.3. The molecule has 0 bridgehead atoms. The molecule has 0 radical (unpaired) electrons. The fraction of sp³-hybridized carbons (Fsp3) is 0.214. The van der Waals surface area contributed by atoms with Gasteiger partial charge in [-0.05, 0) is 37.3 Å². The van der Waals surface area contributed by atoms with E-state index in [1.54, 1.807) is 12.1 Å². The molecule has 1 aromatic carbocycles. The summed E-state index contributed by atoms with van der Waals surface area (Å²) in [5, 5.41) is 0. The Bertz CT molecular complexity index is 765. The zero-order valence-corrected chi connectivity index (χ0v) is 13.9. The molecule has 0 spiro atoms. The van der Waals surface area contributed by atoms with E-state index in [4.69, 9.17) is 0 Å². The maximum Gasteiger partial charge on any atom is 0.246 e. The van der Waals surface area contributed by atoms with Crippen LogP contribution in [-0.2, 0) is 16.6 Å². The third kappa shape index (κ3) is 3.66. The minimum atomic E-state index is -3.90. The summed E-state index contributed by atoms with van der Waals surface area (Å²) < 4.78 is 40.2. The summed E-state index contributed by atoms with van der Waals surface area (Å²) in [6.45, 7) is 1.91. The summed E-state index contributed by atoms with van der Waals surface area (Å²) in [5.41, 5.74) is 1.41. The van der Waals surface area contributed by atoms with Crippen LogP contribution in [0.2, 0.25) is 0 Å². The van der Waals surface area contributed by atoms with E-state index in [0.29, 0.717) is 10.2 Å². The first-order chi connectivity index (χ1) is 9.80. The van der Waals surface area contributed by atoms with Crippen molar-refractivity contribution in [3.05, 3.63) is 58.1 Å². The molecule has 1 heterocycles. The van der Waals surface area contributed by atoms with Crippen molar-refractivity contribution in [2.75, 3.05) is 7.05 Å². The largest absolute Gasteiger partial charge is 0.257 e. The minimum absolute atomic E-state index is 0.0829. The number of aromatic nitrogens is 1.